The summed E-state index contributed by atoms with van der Waals surface area (Å²) in [5, 5.41) is 0. The Balaban J connectivity index is 1.26. The molecule has 4 heterocycles. The molecule has 0 N–H and O–H groups in total. The normalized spacial score (nSPS) is 26.8. The minimum Gasteiger partial charge on any atom is -0.335 e. The van der Waals surface area contributed by atoms with Gasteiger partial charge < -0.3 is 14.7 Å². The van der Waals surface area contributed by atoms with Crippen LogP contribution in [0.5, 0.6) is 0 Å². The standard InChI is InChI=1S/C58H70BN3/c1-52(2,3)37-21-25-40(26-22-37)60(41-27-23-38(24-28-41)53(4,5)6)42-35-47-49-48(36-42)62-51-44(56(11)30-15-17-32-58(56,62)13)33-39(54(7,8)9)34-46(51)59(49)45-20-18-19-43-50(45)61(47)57(12)31-16-14-29-55(43,57)10/h18-28,33-36H,14-17,29-32H2,1-13H3. The molecule has 0 saturated heterocycles. The van der Waals surface area contributed by atoms with Crippen LogP contribution < -0.4 is 31.1 Å². The van der Waals surface area contributed by atoms with Gasteiger partial charge in [0, 0.05) is 45.0 Å². The van der Waals surface area contributed by atoms with Gasteiger partial charge in [-0.25, -0.2) is 0 Å². The lowest BCUT2D eigenvalue weighted by Gasteiger charge is -2.55. The van der Waals surface area contributed by atoms with Crippen LogP contribution in [0.15, 0.2) is 91.0 Å². The largest absolute Gasteiger partial charge is 0.335 e. The second kappa shape index (κ2) is 12.6. The van der Waals surface area contributed by atoms with E-state index in [1.807, 2.05) is 0 Å². The van der Waals surface area contributed by atoms with Crippen molar-refractivity contribution in [2.75, 3.05) is 14.7 Å². The average molecular weight is 820 g/mol. The number of hydrogen-bond donors (Lipinski definition) is 0. The van der Waals surface area contributed by atoms with E-state index in [1.54, 1.807) is 11.1 Å². The van der Waals surface area contributed by atoms with Gasteiger partial charge in [0.1, 0.15) is 0 Å². The predicted molar refractivity (Wildman–Crippen MR) is 267 cm³/mol. The molecule has 320 valence electrons. The Morgan fingerprint density at radius 3 is 1.40 bits per heavy atom. The summed E-state index contributed by atoms with van der Waals surface area (Å²) in [5.41, 5.74) is 21.7. The molecule has 0 radical (unpaired) electrons. The Morgan fingerprint density at radius 2 is 0.919 bits per heavy atom. The number of fused-ring (bicyclic) bond motifs is 10. The molecule has 2 fully saturated rings. The summed E-state index contributed by atoms with van der Waals surface area (Å²) in [6, 6.07) is 37.1. The van der Waals surface area contributed by atoms with E-state index >= 15 is 0 Å². The summed E-state index contributed by atoms with van der Waals surface area (Å²) in [7, 11) is 0. The minimum absolute atomic E-state index is 0.0353. The fraction of sp³-hybridized carbons (Fsp3) is 0.483. The van der Waals surface area contributed by atoms with Crippen LogP contribution in [0.3, 0.4) is 0 Å². The highest BCUT2D eigenvalue weighted by Crippen LogP contribution is 2.65. The first-order valence-electron chi connectivity index (χ1n) is 24.2. The van der Waals surface area contributed by atoms with Gasteiger partial charge in [-0.1, -0.05) is 156 Å². The molecule has 0 amide bonds. The third kappa shape index (κ3) is 5.13. The highest BCUT2D eigenvalue weighted by Gasteiger charge is 2.65. The first-order chi connectivity index (χ1) is 29.1. The Kier molecular flexibility index (Phi) is 8.22. The maximum atomic E-state index is 2.94. The monoisotopic (exact) mass is 820 g/mol. The van der Waals surface area contributed by atoms with Gasteiger partial charge in [0.25, 0.3) is 6.71 Å². The van der Waals surface area contributed by atoms with Crippen LogP contribution >= 0.6 is 0 Å². The molecule has 4 unspecified atom stereocenters. The van der Waals surface area contributed by atoms with Crippen molar-refractivity contribution in [3.63, 3.8) is 0 Å². The molecule has 62 heavy (non-hydrogen) atoms. The SMILES string of the molecule is CC(C)(C)c1ccc(N(c2ccc(C(C)(C)C)cc2)c2cc3c4c(c2)N2c5c(cc(C(C)(C)C)cc5C5(C)CCCCC25C)B4c2cccc4c2N3C2(C)CCCCC42C)cc1. The third-order valence-corrected chi connectivity index (χ3v) is 18.0. The van der Waals surface area contributed by atoms with Crippen molar-refractivity contribution in [1.29, 1.82) is 0 Å². The van der Waals surface area contributed by atoms with Gasteiger partial charge in [-0.15, -0.1) is 0 Å². The Morgan fingerprint density at radius 1 is 0.468 bits per heavy atom. The molecule has 0 spiro atoms. The highest BCUT2D eigenvalue weighted by molar-refractivity contribution is 7.00. The van der Waals surface area contributed by atoms with Crippen LogP contribution in [0, 0.1) is 0 Å². The zero-order chi connectivity index (χ0) is 43.7. The second-order valence-electron chi connectivity index (χ2n) is 24.5. The van der Waals surface area contributed by atoms with Crippen LogP contribution in [0.25, 0.3) is 0 Å². The van der Waals surface area contributed by atoms with Gasteiger partial charge in [-0.05, 0) is 136 Å². The van der Waals surface area contributed by atoms with Crippen LogP contribution in [-0.4, -0.2) is 17.8 Å². The molecule has 0 bridgehead atoms. The maximum Gasteiger partial charge on any atom is 0.252 e. The molecule has 3 nitrogen and oxygen atoms in total. The lowest BCUT2D eigenvalue weighted by Crippen LogP contribution is -2.66. The molecule has 4 atom stereocenters. The van der Waals surface area contributed by atoms with Crippen LogP contribution in [0.2, 0.25) is 0 Å². The topological polar surface area (TPSA) is 9.72 Å². The molecule has 5 aromatic carbocycles. The van der Waals surface area contributed by atoms with E-state index in [0.717, 1.165) is 0 Å². The van der Waals surface area contributed by atoms with E-state index in [4.69, 9.17) is 0 Å². The smallest absolute Gasteiger partial charge is 0.252 e. The van der Waals surface area contributed by atoms with Gasteiger partial charge >= 0.3 is 0 Å². The lowest BCUT2D eigenvalue weighted by molar-refractivity contribution is 0.194. The summed E-state index contributed by atoms with van der Waals surface area (Å²) in [4.78, 5) is 8.46. The molecular weight excluding hydrogens is 749 g/mol. The van der Waals surface area contributed by atoms with Gasteiger partial charge in [-0.3, -0.25) is 0 Å². The van der Waals surface area contributed by atoms with Gasteiger partial charge in [0.05, 0.1) is 16.8 Å². The molecule has 0 aromatic heterocycles. The first-order valence-corrected chi connectivity index (χ1v) is 24.2. The van der Waals surface area contributed by atoms with Gasteiger partial charge in [-0.2, -0.15) is 0 Å². The van der Waals surface area contributed by atoms with E-state index in [2.05, 4.69) is 196 Å². The van der Waals surface area contributed by atoms with Crippen molar-refractivity contribution < 1.29 is 0 Å². The Bertz CT molecular complexity index is 2600. The molecule has 6 aliphatic rings. The van der Waals surface area contributed by atoms with Crippen molar-refractivity contribution in [2.45, 2.75) is 180 Å². The van der Waals surface area contributed by atoms with Crippen molar-refractivity contribution in [2.24, 2.45) is 0 Å². The van der Waals surface area contributed by atoms with Gasteiger partial charge in [0.15, 0.2) is 0 Å². The van der Waals surface area contributed by atoms with Crippen LogP contribution in [0.4, 0.5) is 39.8 Å². The lowest BCUT2D eigenvalue weighted by atomic mass is 9.33. The number of rotatable bonds is 3. The molecule has 11 rings (SSSR count). The number of para-hydroxylation sites is 1. The summed E-state index contributed by atoms with van der Waals surface area (Å²) >= 11 is 0. The summed E-state index contributed by atoms with van der Waals surface area (Å²) in [5.74, 6) is 0. The zero-order valence-electron chi connectivity index (χ0n) is 40.2. The first kappa shape index (κ1) is 40.3. The number of hydrogen-bond acceptors (Lipinski definition) is 3. The van der Waals surface area contributed by atoms with E-state index in [-0.39, 0.29) is 44.9 Å². The molecule has 4 heteroatoms. The van der Waals surface area contributed by atoms with Gasteiger partial charge in [0.2, 0.25) is 0 Å². The predicted octanol–water partition coefficient (Wildman–Crippen LogP) is 13.7. The molecule has 4 aliphatic heterocycles. The van der Waals surface area contributed by atoms with Crippen molar-refractivity contribution in [1.82, 2.24) is 0 Å². The van der Waals surface area contributed by atoms with Crippen molar-refractivity contribution >= 4 is 62.9 Å². The van der Waals surface area contributed by atoms with Crippen molar-refractivity contribution in [3.05, 3.63) is 119 Å². The number of anilines is 7. The third-order valence-electron chi connectivity index (χ3n) is 18.0. The van der Waals surface area contributed by atoms with E-state index < -0.39 is 0 Å². The van der Waals surface area contributed by atoms with Crippen LogP contribution in [-0.2, 0) is 27.1 Å². The Labute approximate surface area is 374 Å². The quantitative estimate of drug-likeness (QED) is 0.168. The molecule has 2 aliphatic carbocycles. The number of nitrogens with zero attached hydrogens (tertiary/aromatic N) is 3. The minimum atomic E-state index is -0.0554. The average Bonchev–Trinajstić information content (AvgIpc) is 3.56. The van der Waals surface area contributed by atoms with Crippen LogP contribution in [0.1, 0.15) is 169 Å². The summed E-state index contributed by atoms with van der Waals surface area (Å²) in [6.45, 7) is 31.9. The fourth-order valence-electron chi connectivity index (χ4n) is 13.8. The maximum absolute atomic E-state index is 2.94. The van der Waals surface area contributed by atoms with E-state index in [9.17, 15) is 0 Å². The molecule has 5 aromatic rings. The fourth-order valence-corrected chi connectivity index (χ4v) is 13.8. The highest BCUT2D eigenvalue weighted by atomic mass is 15.3. The molecular formula is C58H70BN3. The summed E-state index contributed by atoms with van der Waals surface area (Å²) in [6.07, 6.45) is 9.96. The summed E-state index contributed by atoms with van der Waals surface area (Å²) < 4.78 is 0. The van der Waals surface area contributed by atoms with E-state index in [0.29, 0.717) is 0 Å². The molecule has 2 saturated carbocycles. The van der Waals surface area contributed by atoms with E-state index in [1.165, 1.54) is 124 Å². The second-order valence-corrected chi connectivity index (χ2v) is 24.5. The number of benzene rings is 5. The zero-order valence-corrected chi connectivity index (χ0v) is 40.2. The van der Waals surface area contributed by atoms with Crippen molar-refractivity contribution in [3.8, 4) is 0 Å². The Hall–Kier alpha value is -4.44.